The molecule has 0 aromatic heterocycles. The van der Waals surface area contributed by atoms with Crippen LogP contribution in [0.25, 0.3) is 5.76 Å². The van der Waals surface area contributed by atoms with E-state index in [4.69, 9.17) is 9.47 Å². The van der Waals surface area contributed by atoms with Crippen LogP contribution in [0.1, 0.15) is 58.1 Å². The molecule has 0 radical (unpaired) electrons. The highest BCUT2D eigenvalue weighted by Gasteiger charge is 2.47. The van der Waals surface area contributed by atoms with Gasteiger partial charge in [0.2, 0.25) is 0 Å². The van der Waals surface area contributed by atoms with Crippen LogP contribution in [0, 0.1) is 26.7 Å². The number of aliphatic hydroxyl groups is 1. The number of methoxy groups -OCH3 is 1. The Hall–Kier alpha value is -4.39. The highest BCUT2D eigenvalue weighted by Crippen LogP contribution is 2.44. The fourth-order valence-corrected chi connectivity index (χ4v) is 4.88. The second-order valence-electron chi connectivity index (χ2n) is 10.3. The summed E-state index contributed by atoms with van der Waals surface area (Å²) in [5, 5.41) is 11.6. The average Bonchev–Trinajstić information content (AvgIpc) is 3.16. The van der Waals surface area contributed by atoms with Gasteiger partial charge in [-0.25, -0.2) is 4.79 Å². The fourth-order valence-electron chi connectivity index (χ4n) is 4.88. The number of hydrogen-bond acceptors (Lipinski definition) is 6. The quantitative estimate of drug-likeness (QED) is 0.174. The van der Waals surface area contributed by atoms with Crippen molar-refractivity contribution in [3.05, 3.63) is 99.6 Å². The van der Waals surface area contributed by atoms with Crippen molar-refractivity contribution in [3.63, 3.8) is 0 Å². The van der Waals surface area contributed by atoms with Crippen LogP contribution >= 0.6 is 0 Å². The number of nitrogens with zero attached hydrogens (tertiary/aromatic N) is 1. The smallest absolute Gasteiger partial charge is 0.338 e. The van der Waals surface area contributed by atoms with E-state index in [1.165, 1.54) is 12.0 Å². The van der Waals surface area contributed by atoms with Gasteiger partial charge in [-0.05, 0) is 73.7 Å². The lowest BCUT2D eigenvalue weighted by atomic mass is 9.93. The largest absolute Gasteiger partial charge is 0.507 e. The first-order valence-electron chi connectivity index (χ1n) is 12.8. The van der Waals surface area contributed by atoms with E-state index in [0.717, 1.165) is 16.7 Å². The highest BCUT2D eigenvalue weighted by atomic mass is 16.5. The van der Waals surface area contributed by atoms with Gasteiger partial charge in [-0.1, -0.05) is 49.7 Å². The Morgan fingerprint density at radius 3 is 2.28 bits per heavy atom. The third-order valence-electron chi connectivity index (χ3n) is 6.61. The van der Waals surface area contributed by atoms with Gasteiger partial charge in [0.15, 0.2) is 0 Å². The van der Waals surface area contributed by atoms with E-state index in [1.807, 2.05) is 65.0 Å². The molecule has 3 aromatic carbocycles. The number of carbonyl (C=O) groups is 3. The third-order valence-corrected chi connectivity index (χ3v) is 6.61. The van der Waals surface area contributed by atoms with Crippen molar-refractivity contribution >= 4 is 29.1 Å². The van der Waals surface area contributed by atoms with Crippen molar-refractivity contribution in [3.8, 4) is 5.75 Å². The van der Waals surface area contributed by atoms with Crippen molar-refractivity contribution in [1.82, 2.24) is 0 Å². The first-order valence-corrected chi connectivity index (χ1v) is 12.8. The molecule has 7 nitrogen and oxygen atoms in total. The molecule has 1 amide bonds. The number of Topliss-reactive ketones (excluding diaryl/α,β-unsaturated/α-hetero) is 1. The molecule has 4 rings (SSSR count). The predicted molar refractivity (Wildman–Crippen MR) is 150 cm³/mol. The normalized spacial score (nSPS) is 16.6. The van der Waals surface area contributed by atoms with E-state index in [0.29, 0.717) is 34.7 Å². The Labute approximate surface area is 228 Å². The molecule has 0 saturated carbocycles. The number of ether oxygens (including phenoxy) is 2. The zero-order chi connectivity index (χ0) is 28.4. The molecule has 1 heterocycles. The van der Waals surface area contributed by atoms with Gasteiger partial charge in [0, 0.05) is 5.69 Å². The van der Waals surface area contributed by atoms with Crippen LogP contribution in [0.3, 0.4) is 0 Å². The maximum atomic E-state index is 13.5. The molecule has 1 aliphatic rings. The van der Waals surface area contributed by atoms with Crippen molar-refractivity contribution < 1.29 is 29.0 Å². The SMILES string of the molecule is COc1c(C)cc(C)cc1/C(O)=C1\C(=O)C(=O)N(c2ccc(C(=O)OCC(C)C)cc2)C1c1cccc(C)c1. The third kappa shape index (κ3) is 5.43. The number of aliphatic hydroxyl groups excluding tert-OH is 1. The van der Waals surface area contributed by atoms with Crippen LogP contribution < -0.4 is 9.64 Å². The number of ketones is 1. The van der Waals surface area contributed by atoms with Crippen LogP contribution in [-0.4, -0.2) is 36.5 Å². The summed E-state index contributed by atoms with van der Waals surface area (Å²) >= 11 is 0. The van der Waals surface area contributed by atoms with Gasteiger partial charge >= 0.3 is 5.97 Å². The summed E-state index contributed by atoms with van der Waals surface area (Å²) < 4.78 is 10.9. The molecule has 0 bridgehead atoms. The van der Waals surface area contributed by atoms with E-state index < -0.39 is 23.7 Å². The Morgan fingerprint density at radius 2 is 1.67 bits per heavy atom. The minimum Gasteiger partial charge on any atom is -0.507 e. The molecule has 1 aliphatic heterocycles. The molecular formula is C32H33NO6. The van der Waals surface area contributed by atoms with E-state index in [2.05, 4.69) is 0 Å². The van der Waals surface area contributed by atoms with E-state index >= 15 is 0 Å². The van der Waals surface area contributed by atoms with E-state index in [-0.39, 0.29) is 17.3 Å². The molecule has 1 fully saturated rings. The van der Waals surface area contributed by atoms with Gasteiger partial charge < -0.3 is 14.6 Å². The summed E-state index contributed by atoms with van der Waals surface area (Å²) in [6.07, 6.45) is 0. The standard InChI is InChI=1S/C32H33NO6/c1-18(2)17-39-32(37)22-10-12-24(13-11-22)33-27(23-9-7-8-19(3)15-23)26(29(35)31(33)36)28(34)25-16-20(4)14-21(5)30(25)38-6/h7-16,18,27,34H,17H2,1-6H3/b28-26+. The topological polar surface area (TPSA) is 93.1 Å². The average molecular weight is 528 g/mol. The number of benzene rings is 3. The monoisotopic (exact) mass is 527 g/mol. The maximum Gasteiger partial charge on any atom is 0.338 e. The zero-order valence-corrected chi connectivity index (χ0v) is 23.1. The highest BCUT2D eigenvalue weighted by molar-refractivity contribution is 6.51. The first-order chi connectivity index (χ1) is 18.5. The van der Waals surface area contributed by atoms with Gasteiger partial charge in [0.1, 0.15) is 11.5 Å². The molecule has 0 aliphatic carbocycles. The van der Waals surface area contributed by atoms with Crippen LogP contribution in [0.15, 0.2) is 66.2 Å². The molecular weight excluding hydrogens is 494 g/mol. The number of amides is 1. The molecule has 39 heavy (non-hydrogen) atoms. The molecule has 7 heteroatoms. The predicted octanol–water partition coefficient (Wildman–Crippen LogP) is 6.06. The van der Waals surface area contributed by atoms with Crippen LogP contribution in [0.5, 0.6) is 5.75 Å². The Kier molecular flexibility index (Phi) is 7.90. The minimum absolute atomic E-state index is 0.0330. The molecule has 202 valence electrons. The van der Waals surface area contributed by atoms with Crippen molar-refractivity contribution in [2.24, 2.45) is 5.92 Å². The number of carbonyl (C=O) groups excluding carboxylic acids is 3. The van der Waals surface area contributed by atoms with E-state index in [1.54, 1.807) is 30.3 Å². The Bertz CT molecular complexity index is 1470. The van der Waals surface area contributed by atoms with Gasteiger partial charge in [0.25, 0.3) is 11.7 Å². The number of rotatable bonds is 7. The molecule has 1 atom stereocenters. The minimum atomic E-state index is -0.894. The summed E-state index contributed by atoms with van der Waals surface area (Å²) in [5.41, 5.74) is 4.32. The Balaban J connectivity index is 1.87. The lowest BCUT2D eigenvalue weighted by Crippen LogP contribution is -2.29. The first kappa shape index (κ1) is 27.6. The number of esters is 1. The van der Waals surface area contributed by atoms with Gasteiger partial charge in [-0.15, -0.1) is 0 Å². The summed E-state index contributed by atoms with van der Waals surface area (Å²) in [6.45, 7) is 9.85. The molecule has 1 N–H and O–H groups in total. The molecule has 3 aromatic rings. The Morgan fingerprint density at radius 1 is 0.974 bits per heavy atom. The van der Waals surface area contributed by atoms with Gasteiger partial charge in [0.05, 0.1) is 36.5 Å². The molecule has 1 saturated heterocycles. The van der Waals surface area contributed by atoms with Crippen molar-refractivity contribution in [2.45, 2.75) is 40.7 Å². The second kappa shape index (κ2) is 11.2. The van der Waals surface area contributed by atoms with Crippen LogP contribution in [0.4, 0.5) is 5.69 Å². The van der Waals surface area contributed by atoms with Gasteiger partial charge in [-0.3, -0.25) is 14.5 Å². The molecule has 1 unspecified atom stereocenters. The van der Waals surface area contributed by atoms with Gasteiger partial charge in [-0.2, -0.15) is 0 Å². The summed E-state index contributed by atoms with van der Waals surface area (Å²) in [4.78, 5) is 40.8. The summed E-state index contributed by atoms with van der Waals surface area (Å²) in [5.74, 6) is -1.72. The van der Waals surface area contributed by atoms with Crippen LogP contribution in [-0.2, 0) is 14.3 Å². The zero-order valence-electron chi connectivity index (χ0n) is 23.1. The number of anilines is 1. The number of hydrogen-bond donors (Lipinski definition) is 1. The van der Waals surface area contributed by atoms with E-state index in [9.17, 15) is 19.5 Å². The van der Waals surface area contributed by atoms with Crippen molar-refractivity contribution in [2.75, 3.05) is 18.6 Å². The summed E-state index contributed by atoms with van der Waals surface area (Å²) in [7, 11) is 1.50. The van der Waals surface area contributed by atoms with Crippen molar-refractivity contribution in [1.29, 1.82) is 0 Å². The molecule has 0 spiro atoms. The second-order valence-corrected chi connectivity index (χ2v) is 10.3. The fraction of sp³-hybridized carbons (Fsp3) is 0.281. The maximum absolute atomic E-state index is 13.5. The summed E-state index contributed by atoms with van der Waals surface area (Å²) in [6, 6.07) is 16.6. The number of aryl methyl sites for hydroxylation is 3. The lowest BCUT2D eigenvalue weighted by molar-refractivity contribution is -0.132. The lowest BCUT2D eigenvalue weighted by Gasteiger charge is -2.26. The van der Waals surface area contributed by atoms with Crippen LogP contribution in [0.2, 0.25) is 0 Å².